The third-order valence-electron chi connectivity index (χ3n) is 2.32. The molecule has 0 aromatic heterocycles. The predicted molar refractivity (Wildman–Crippen MR) is 75.9 cm³/mol. The number of alkyl carbamates (subject to hydrolysis) is 1. The van der Waals surface area contributed by atoms with Crippen LogP contribution in [0.4, 0.5) is 10.5 Å². The van der Waals surface area contributed by atoms with Gasteiger partial charge in [0.25, 0.3) is 0 Å². The fourth-order valence-electron chi connectivity index (χ4n) is 1.37. The van der Waals surface area contributed by atoms with E-state index < -0.39 is 11.7 Å². The number of anilines is 1. The molecule has 1 amide bonds. The van der Waals surface area contributed by atoms with Gasteiger partial charge in [0.15, 0.2) is 0 Å². The molecule has 0 aliphatic rings. The summed E-state index contributed by atoms with van der Waals surface area (Å²) in [7, 11) is 0. The Bertz CT molecular complexity index is 430. The third-order valence-corrected chi connectivity index (χ3v) is 2.78. The number of ether oxygens (including phenoxy) is 1. The van der Waals surface area contributed by atoms with Crippen LogP contribution in [0.2, 0.25) is 0 Å². The number of carbonyl (C=O) groups excluding carboxylic acids is 1. The smallest absolute Gasteiger partial charge is 0.407 e. The van der Waals surface area contributed by atoms with Gasteiger partial charge in [0, 0.05) is 17.1 Å². The second kappa shape index (κ2) is 5.52. The van der Waals surface area contributed by atoms with Gasteiger partial charge >= 0.3 is 6.09 Å². The Kier molecular flexibility index (Phi) is 4.51. The number of benzene rings is 1. The maximum atomic E-state index is 11.5. The van der Waals surface area contributed by atoms with E-state index in [4.69, 9.17) is 10.5 Å². The molecule has 0 atom stereocenters. The van der Waals surface area contributed by atoms with Gasteiger partial charge in [-0.3, -0.25) is 0 Å². The summed E-state index contributed by atoms with van der Waals surface area (Å²) in [6.45, 7) is 7.74. The molecule has 4 nitrogen and oxygen atoms in total. The van der Waals surface area contributed by atoms with E-state index in [0.29, 0.717) is 12.2 Å². The molecule has 5 heteroatoms. The molecule has 0 heterocycles. The van der Waals surface area contributed by atoms with Gasteiger partial charge in [0.1, 0.15) is 5.60 Å². The van der Waals surface area contributed by atoms with Crippen LogP contribution in [0.3, 0.4) is 0 Å². The van der Waals surface area contributed by atoms with Crippen molar-refractivity contribution < 1.29 is 9.53 Å². The second-order valence-corrected chi connectivity index (χ2v) is 5.67. The molecule has 0 bridgehead atoms. The summed E-state index contributed by atoms with van der Waals surface area (Å²) in [5, 5.41) is 2.68. The first-order chi connectivity index (χ1) is 8.19. The van der Waals surface area contributed by atoms with Gasteiger partial charge in [-0.2, -0.15) is 0 Å². The summed E-state index contributed by atoms with van der Waals surface area (Å²) in [4.78, 5) is 12.3. The number of nitrogens with two attached hydrogens (primary N) is 1. The predicted octanol–water partition coefficient (Wildman–Crippen LogP) is 2.89. The zero-order chi connectivity index (χ0) is 13.9. The number of hydrogen-bond donors (Lipinski definition) is 3. The highest BCUT2D eigenvalue weighted by atomic mass is 32.1. The lowest BCUT2D eigenvalue weighted by Crippen LogP contribution is -2.32. The SMILES string of the molecule is Cc1c(N)cc(CNC(=O)OC(C)(C)C)cc1S. The molecule has 0 fully saturated rings. The molecule has 0 aliphatic carbocycles. The summed E-state index contributed by atoms with van der Waals surface area (Å²) in [6.07, 6.45) is -0.442. The number of carbonyl (C=O) groups is 1. The summed E-state index contributed by atoms with van der Waals surface area (Å²) >= 11 is 4.33. The van der Waals surface area contributed by atoms with Gasteiger partial charge in [-0.05, 0) is 51.0 Å². The van der Waals surface area contributed by atoms with Crippen molar-refractivity contribution in [1.82, 2.24) is 5.32 Å². The number of rotatable bonds is 2. The first kappa shape index (κ1) is 14.7. The highest BCUT2D eigenvalue weighted by Crippen LogP contribution is 2.21. The molecule has 0 saturated carbocycles. The highest BCUT2D eigenvalue weighted by Gasteiger charge is 2.15. The van der Waals surface area contributed by atoms with Gasteiger partial charge in [-0.1, -0.05) is 0 Å². The van der Waals surface area contributed by atoms with Crippen LogP contribution in [0.15, 0.2) is 17.0 Å². The summed E-state index contributed by atoms with van der Waals surface area (Å²) in [6, 6.07) is 3.71. The van der Waals surface area contributed by atoms with Crippen LogP contribution in [0.25, 0.3) is 0 Å². The molecule has 0 spiro atoms. The Labute approximate surface area is 113 Å². The topological polar surface area (TPSA) is 64.3 Å². The van der Waals surface area contributed by atoms with E-state index in [1.54, 1.807) is 0 Å². The fraction of sp³-hybridized carbons (Fsp3) is 0.462. The molecular weight excluding hydrogens is 248 g/mol. The Balaban J connectivity index is 2.62. The monoisotopic (exact) mass is 268 g/mol. The maximum Gasteiger partial charge on any atom is 0.407 e. The van der Waals surface area contributed by atoms with Crippen molar-refractivity contribution in [2.75, 3.05) is 5.73 Å². The normalized spacial score (nSPS) is 11.2. The molecule has 0 unspecified atom stereocenters. The Morgan fingerprint density at radius 2 is 2.06 bits per heavy atom. The lowest BCUT2D eigenvalue weighted by Gasteiger charge is -2.19. The molecule has 0 saturated heterocycles. The molecule has 3 N–H and O–H groups in total. The third kappa shape index (κ3) is 4.49. The Morgan fingerprint density at radius 1 is 1.44 bits per heavy atom. The van der Waals surface area contributed by atoms with Gasteiger partial charge in [-0.15, -0.1) is 12.6 Å². The van der Waals surface area contributed by atoms with Crippen LogP contribution in [-0.4, -0.2) is 11.7 Å². The van der Waals surface area contributed by atoms with E-state index in [2.05, 4.69) is 17.9 Å². The first-order valence-electron chi connectivity index (χ1n) is 5.74. The molecule has 1 aromatic carbocycles. The quantitative estimate of drug-likeness (QED) is 0.571. The van der Waals surface area contributed by atoms with E-state index in [0.717, 1.165) is 16.0 Å². The van der Waals surface area contributed by atoms with Crippen LogP contribution < -0.4 is 11.1 Å². The number of thiol groups is 1. The van der Waals surface area contributed by atoms with Crippen LogP contribution in [0.1, 0.15) is 31.9 Å². The van der Waals surface area contributed by atoms with Crippen molar-refractivity contribution in [2.24, 2.45) is 0 Å². The van der Waals surface area contributed by atoms with Gasteiger partial charge < -0.3 is 15.8 Å². The first-order valence-corrected chi connectivity index (χ1v) is 6.18. The van der Waals surface area contributed by atoms with Gasteiger partial charge in [0.2, 0.25) is 0 Å². The summed E-state index contributed by atoms with van der Waals surface area (Å²) in [5.74, 6) is 0. The van der Waals surface area contributed by atoms with E-state index >= 15 is 0 Å². The van der Waals surface area contributed by atoms with Crippen LogP contribution >= 0.6 is 12.6 Å². The highest BCUT2D eigenvalue weighted by molar-refractivity contribution is 7.80. The van der Waals surface area contributed by atoms with Crippen molar-refractivity contribution in [3.63, 3.8) is 0 Å². The molecule has 1 aromatic rings. The largest absolute Gasteiger partial charge is 0.444 e. The van der Waals surface area contributed by atoms with Crippen molar-refractivity contribution in [3.05, 3.63) is 23.3 Å². The minimum absolute atomic E-state index is 0.368. The second-order valence-electron chi connectivity index (χ2n) is 5.18. The van der Waals surface area contributed by atoms with Crippen molar-refractivity contribution >= 4 is 24.4 Å². The molecule has 100 valence electrons. The van der Waals surface area contributed by atoms with E-state index in [-0.39, 0.29) is 0 Å². The minimum Gasteiger partial charge on any atom is -0.444 e. The molecule has 0 radical (unpaired) electrons. The van der Waals surface area contributed by atoms with Crippen LogP contribution in [-0.2, 0) is 11.3 Å². The summed E-state index contributed by atoms with van der Waals surface area (Å²) < 4.78 is 5.14. The van der Waals surface area contributed by atoms with Crippen molar-refractivity contribution in [2.45, 2.75) is 44.7 Å². The average molecular weight is 268 g/mol. The van der Waals surface area contributed by atoms with Gasteiger partial charge in [-0.25, -0.2) is 4.79 Å². The standard InChI is InChI=1S/C13H20N2O2S/c1-8-10(14)5-9(6-11(8)18)7-15-12(16)17-13(2,3)4/h5-6,18H,7,14H2,1-4H3,(H,15,16). The zero-order valence-corrected chi connectivity index (χ0v) is 12.1. The van der Waals surface area contributed by atoms with Crippen LogP contribution in [0, 0.1) is 6.92 Å². The van der Waals surface area contributed by atoms with Crippen molar-refractivity contribution in [3.8, 4) is 0 Å². The lowest BCUT2D eigenvalue weighted by molar-refractivity contribution is 0.0523. The van der Waals surface area contributed by atoms with Gasteiger partial charge in [0.05, 0.1) is 0 Å². The zero-order valence-electron chi connectivity index (χ0n) is 11.2. The fourth-order valence-corrected chi connectivity index (χ4v) is 1.67. The number of nitrogen functional groups attached to an aromatic ring is 1. The Morgan fingerprint density at radius 3 is 2.56 bits per heavy atom. The number of hydrogen-bond acceptors (Lipinski definition) is 4. The Hall–Kier alpha value is -1.36. The average Bonchev–Trinajstić information content (AvgIpc) is 2.20. The minimum atomic E-state index is -0.495. The van der Waals surface area contributed by atoms with E-state index in [9.17, 15) is 4.79 Å². The lowest BCUT2D eigenvalue weighted by atomic mass is 10.1. The van der Waals surface area contributed by atoms with E-state index in [1.165, 1.54) is 0 Å². The number of nitrogens with one attached hydrogen (secondary N) is 1. The van der Waals surface area contributed by atoms with Crippen LogP contribution in [0.5, 0.6) is 0 Å². The molecular formula is C13H20N2O2S. The maximum absolute atomic E-state index is 11.5. The molecule has 0 aliphatic heterocycles. The molecule has 18 heavy (non-hydrogen) atoms. The van der Waals surface area contributed by atoms with E-state index in [1.807, 2.05) is 39.8 Å². The molecule has 1 rings (SSSR count). The number of amides is 1. The summed E-state index contributed by atoms with van der Waals surface area (Å²) in [5.41, 5.74) is 7.85. The van der Waals surface area contributed by atoms with Crippen molar-refractivity contribution in [1.29, 1.82) is 0 Å².